The predicted molar refractivity (Wildman–Crippen MR) is 64.2 cm³/mol. The highest BCUT2D eigenvalue weighted by Gasteiger charge is 2.24. The number of rotatable bonds is 1. The van der Waals surface area contributed by atoms with Gasteiger partial charge in [0.05, 0.1) is 11.7 Å². The first-order chi connectivity index (χ1) is 7.75. The molecule has 1 unspecified atom stereocenters. The third-order valence-corrected chi connectivity index (χ3v) is 3.40. The summed E-state index contributed by atoms with van der Waals surface area (Å²) >= 11 is 0. The fourth-order valence-corrected chi connectivity index (χ4v) is 2.50. The Balaban J connectivity index is 2.08. The molecule has 3 rings (SSSR count). The van der Waals surface area contributed by atoms with Gasteiger partial charge in [0.1, 0.15) is 11.5 Å². The second-order valence-corrected chi connectivity index (χ2v) is 4.48. The number of hydrogen-bond acceptors (Lipinski definition) is 3. The van der Waals surface area contributed by atoms with Gasteiger partial charge in [0.25, 0.3) is 0 Å². The van der Waals surface area contributed by atoms with Gasteiger partial charge in [-0.05, 0) is 38.6 Å². The zero-order chi connectivity index (χ0) is 11.1. The highest BCUT2D eigenvalue weighted by atomic mass is 15.2. The van der Waals surface area contributed by atoms with Crippen LogP contribution in [-0.2, 0) is 0 Å². The van der Waals surface area contributed by atoms with Gasteiger partial charge >= 0.3 is 0 Å². The van der Waals surface area contributed by atoms with Crippen LogP contribution in [0.25, 0.3) is 5.65 Å². The van der Waals surface area contributed by atoms with Crippen LogP contribution < -0.4 is 5.73 Å². The first-order valence-corrected chi connectivity index (χ1v) is 5.69. The van der Waals surface area contributed by atoms with Crippen LogP contribution in [0.2, 0.25) is 0 Å². The minimum absolute atomic E-state index is 0.458. The molecule has 2 aromatic heterocycles. The van der Waals surface area contributed by atoms with Crippen molar-refractivity contribution in [3.8, 4) is 0 Å². The number of hydrogen-bond donors (Lipinski definition) is 1. The Labute approximate surface area is 94.7 Å². The number of imidazole rings is 1. The predicted octanol–water partition coefficient (Wildman–Crippen LogP) is 1.68. The van der Waals surface area contributed by atoms with E-state index in [-0.39, 0.29) is 0 Å². The summed E-state index contributed by atoms with van der Waals surface area (Å²) in [7, 11) is 2.16. The van der Waals surface area contributed by atoms with Gasteiger partial charge in [-0.1, -0.05) is 6.07 Å². The Morgan fingerprint density at radius 1 is 1.44 bits per heavy atom. The molecule has 1 aliphatic heterocycles. The number of pyridine rings is 1. The first-order valence-electron chi connectivity index (χ1n) is 5.69. The molecule has 4 heteroatoms. The van der Waals surface area contributed by atoms with Crippen molar-refractivity contribution in [1.82, 2.24) is 14.3 Å². The van der Waals surface area contributed by atoms with E-state index < -0.39 is 0 Å². The molecule has 1 atom stereocenters. The molecule has 0 spiro atoms. The number of likely N-dealkylation sites (tertiary alicyclic amines) is 1. The van der Waals surface area contributed by atoms with E-state index in [9.17, 15) is 0 Å². The van der Waals surface area contributed by atoms with Crippen molar-refractivity contribution in [2.45, 2.75) is 18.9 Å². The third-order valence-electron chi connectivity index (χ3n) is 3.40. The summed E-state index contributed by atoms with van der Waals surface area (Å²) in [5.41, 5.74) is 7.99. The molecule has 2 N–H and O–H groups in total. The van der Waals surface area contributed by atoms with E-state index in [1.807, 2.05) is 22.6 Å². The number of aromatic nitrogens is 2. The number of anilines is 1. The maximum Gasteiger partial charge on any atom is 0.138 e. The lowest BCUT2D eigenvalue weighted by Crippen LogP contribution is -2.17. The van der Waals surface area contributed by atoms with Crippen LogP contribution in [0.5, 0.6) is 0 Å². The van der Waals surface area contributed by atoms with Crippen LogP contribution in [0.3, 0.4) is 0 Å². The van der Waals surface area contributed by atoms with E-state index in [2.05, 4.69) is 23.1 Å². The fraction of sp³-hybridized carbons (Fsp3) is 0.417. The standard InChI is InChI=1S/C12H16N4/c1-15-7-3-4-10(15)9-8-16-11(13)5-2-6-12(16)14-9/h2,5-6,8,10H,3-4,7,13H2,1H3. The molecule has 16 heavy (non-hydrogen) atoms. The van der Waals surface area contributed by atoms with E-state index in [1.54, 1.807) is 0 Å². The van der Waals surface area contributed by atoms with Crippen LogP contribution in [0, 0.1) is 0 Å². The molecule has 1 fully saturated rings. The summed E-state index contributed by atoms with van der Waals surface area (Å²) in [5.74, 6) is 0.747. The molecule has 0 amide bonds. The highest BCUT2D eigenvalue weighted by Crippen LogP contribution is 2.30. The molecular formula is C12H16N4. The summed E-state index contributed by atoms with van der Waals surface area (Å²) in [6.07, 6.45) is 4.52. The zero-order valence-electron chi connectivity index (χ0n) is 9.43. The molecule has 0 bridgehead atoms. The zero-order valence-corrected chi connectivity index (χ0v) is 9.43. The maximum absolute atomic E-state index is 5.91. The number of fused-ring (bicyclic) bond motifs is 1. The van der Waals surface area contributed by atoms with Crippen molar-refractivity contribution in [2.75, 3.05) is 19.3 Å². The number of nitrogens with two attached hydrogens (primary N) is 1. The van der Waals surface area contributed by atoms with Crippen LogP contribution in [0.4, 0.5) is 5.82 Å². The van der Waals surface area contributed by atoms with Gasteiger partial charge in [-0.15, -0.1) is 0 Å². The fourth-order valence-electron chi connectivity index (χ4n) is 2.50. The van der Waals surface area contributed by atoms with Gasteiger partial charge in [-0.3, -0.25) is 9.30 Å². The SMILES string of the molecule is CN1CCCC1c1cn2c(N)cccc2n1. The third kappa shape index (κ3) is 1.38. The van der Waals surface area contributed by atoms with Crippen molar-refractivity contribution in [3.05, 3.63) is 30.1 Å². The minimum atomic E-state index is 0.458. The molecule has 3 heterocycles. The lowest BCUT2D eigenvalue weighted by Gasteiger charge is -2.16. The van der Waals surface area contributed by atoms with E-state index >= 15 is 0 Å². The summed E-state index contributed by atoms with van der Waals surface area (Å²) < 4.78 is 1.96. The Morgan fingerprint density at radius 2 is 2.31 bits per heavy atom. The monoisotopic (exact) mass is 216 g/mol. The van der Waals surface area contributed by atoms with Crippen molar-refractivity contribution < 1.29 is 0 Å². The van der Waals surface area contributed by atoms with E-state index in [4.69, 9.17) is 5.73 Å². The quantitative estimate of drug-likeness (QED) is 0.789. The molecule has 84 valence electrons. The van der Waals surface area contributed by atoms with Crippen molar-refractivity contribution in [3.63, 3.8) is 0 Å². The molecule has 1 saturated heterocycles. The van der Waals surface area contributed by atoms with Gasteiger partial charge in [-0.2, -0.15) is 0 Å². The summed E-state index contributed by atoms with van der Waals surface area (Å²) in [6, 6.07) is 6.30. The lowest BCUT2D eigenvalue weighted by molar-refractivity contribution is 0.313. The molecule has 4 nitrogen and oxygen atoms in total. The van der Waals surface area contributed by atoms with Crippen LogP contribution in [-0.4, -0.2) is 27.9 Å². The number of nitrogens with zero attached hydrogens (tertiary/aromatic N) is 3. The Morgan fingerprint density at radius 3 is 3.00 bits per heavy atom. The maximum atomic E-state index is 5.91. The Hall–Kier alpha value is -1.55. The molecular weight excluding hydrogens is 200 g/mol. The van der Waals surface area contributed by atoms with Gasteiger partial charge in [-0.25, -0.2) is 4.98 Å². The average Bonchev–Trinajstić information content (AvgIpc) is 2.84. The Kier molecular flexibility index (Phi) is 2.11. The molecule has 0 aromatic carbocycles. The van der Waals surface area contributed by atoms with Crippen LogP contribution in [0.15, 0.2) is 24.4 Å². The Bertz CT molecular complexity index is 517. The van der Waals surface area contributed by atoms with Crippen LogP contribution >= 0.6 is 0 Å². The number of nitrogen functional groups attached to an aromatic ring is 1. The van der Waals surface area contributed by atoms with Crippen molar-refractivity contribution >= 4 is 11.5 Å². The summed E-state index contributed by atoms with van der Waals surface area (Å²) in [4.78, 5) is 7.01. The molecule has 0 radical (unpaired) electrons. The molecule has 2 aromatic rings. The average molecular weight is 216 g/mol. The minimum Gasteiger partial charge on any atom is -0.385 e. The van der Waals surface area contributed by atoms with Crippen molar-refractivity contribution in [2.24, 2.45) is 0 Å². The molecule has 0 aliphatic carbocycles. The van der Waals surface area contributed by atoms with Gasteiger partial charge < -0.3 is 5.73 Å². The van der Waals surface area contributed by atoms with E-state index in [0.29, 0.717) is 6.04 Å². The lowest BCUT2D eigenvalue weighted by atomic mass is 10.2. The van der Waals surface area contributed by atoms with Gasteiger partial charge in [0.15, 0.2) is 0 Å². The molecule has 0 saturated carbocycles. The van der Waals surface area contributed by atoms with Crippen LogP contribution in [0.1, 0.15) is 24.6 Å². The second-order valence-electron chi connectivity index (χ2n) is 4.48. The highest BCUT2D eigenvalue weighted by molar-refractivity contribution is 5.49. The topological polar surface area (TPSA) is 46.6 Å². The summed E-state index contributed by atoms with van der Waals surface area (Å²) in [5, 5.41) is 0. The largest absolute Gasteiger partial charge is 0.385 e. The smallest absolute Gasteiger partial charge is 0.138 e. The normalized spacial score (nSPS) is 21.9. The first kappa shape index (κ1) is 9.66. The van der Waals surface area contributed by atoms with Crippen molar-refractivity contribution in [1.29, 1.82) is 0 Å². The van der Waals surface area contributed by atoms with Gasteiger partial charge in [0, 0.05) is 6.20 Å². The second kappa shape index (κ2) is 3.49. The molecule has 1 aliphatic rings. The van der Waals surface area contributed by atoms with E-state index in [0.717, 1.165) is 23.7 Å². The summed E-state index contributed by atoms with van der Waals surface area (Å²) in [6.45, 7) is 1.16. The van der Waals surface area contributed by atoms with E-state index in [1.165, 1.54) is 12.8 Å². The van der Waals surface area contributed by atoms with Gasteiger partial charge in [0.2, 0.25) is 0 Å².